The highest BCUT2D eigenvalue weighted by atomic mass is 32.1. The lowest BCUT2D eigenvalue weighted by atomic mass is 9.98. The van der Waals surface area contributed by atoms with Gasteiger partial charge < -0.3 is 19.7 Å². The number of anilines is 1. The minimum atomic E-state index is -0.202. The molecule has 1 saturated heterocycles. The standard InChI is InChI=1S/C16H15N3O4S/c1-9-5-17-16(24-9)18-14(20)11-6-19(7-11)15(21)10-2-3-12-13(4-10)23-8-22-12/h2-5,11H,6-8H2,1H3,(H,17,18,20). The van der Waals surface area contributed by atoms with Crippen molar-refractivity contribution in [1.29, 1.82) is 0 Å². The maximum atomic E-state index is 12.4. The van der Waals surface area contributed by atoms with Crippen LogP contribution in [0.25, 0.3) is 0 Å². The van der Waals surface area contributed by atoms with Crippen molar-refractivity contribution in [3.8, 4) is 11.5 Å². The van der Waals surface area contributed by atoms with Gasteiger partial charge in [-0.2, -0.15) is 0 Å². The first-order chi connectivity index (χ1) is 11.6. The normalized spacial score (nSPS) is 16.0. The third kappa shape index (κ3) is 2.69. The summed E-state index contributed by atoms with van der Waals surface area (Å²) in [6, 6.07) is 5.11. The summed E-state index contributed by atoms with van der Waals surface area (Å²) in [5.41, 5.74) is 0.536. The molecular formula is C16H15N3O4S. The molecule has 124 valence electrons. The molecule has 0 bridgehead atoms. The second-order valence-corrected chi connectivity index (χ2v) is 6.98. The number of amides is 2. The SMILES string of the molecule is Cc1cnc(NC(=O)C2CN(C(=O)c3ccc4c(c3)OCO4)C2)s1. The zero-order chi connectivity index (χ0) is 16.7. The topological polar surface area (TPSA) is 80.8 Å². The Morgan fingerprint density at radius 3 is 2.83 bits per heavy atom. The van der Waals surface area contributed by atoms with Gasteiger partial charge in [0.2, 0.25) is 12.7 Å². The number of thiazole rings is 1. The number of carbonyl (C=O) groups excluding carboxylic acids is 2. The molecule has 8 heteroatoms. The van der Waals surface area contributed by atoms with Gasteiger partial charge in [-0.1, -0.05) is 0 Å². The van der Waals surface area contributed by atoms with Gasteiger partial charge in [-0.05, 0) is 25.1 Å². The molecule has 4 rings (SSSR count). The lowest BCUT2D eigenvalue weighted by molar-refractivity contribution is -0.123. The maximum absolute atomic E-state index is 12.4. The first-order valence-electron chi connectivity index (χ1n) is 7.52. The van der Waals surface area contributed by atoms with E-state index in [-0.39, 0.29) is 24.5 Å². The number of fused-ring (bicyclic) bond motifs is 1. The van der Waals surface area contributed by atoms with Crippen LogP contribution in [0, 0.1) is 12.8 Å². The second kappa shape index (κ2) is 5.79. The number of hydrogen-bond donors (Lipinski definition) is 1. The highest BCUT2D eigenvalue weighted by Gasteiger charge is 2.36. The number of rotatable bonds is 3. The van der Waals surface area contributed by atoms with E-state index in [1.165, 1.54) is 11.3 Å². The number of aromatic nitrogens is 1. The number of carbonyl (C=O) groups is 2. The lowest BCUT2D eigenvalue weighted by Crippen LogP contribution is -2.54. The second-order valence-electron chi connectivity index (χ2n) is 5.74. The summed E-state index contributed by atoms with van der Waals surface area (Å²) in [7, 11) is 0. The van der Waals surface area contributed by atoms with Crippen molar-refractivity contribution >= 4 is 28.3 Å². The van der Waals surface area contributed by atoms with E-state index in [9.17, 15) is 9.59 Å². The highest BCUT2D eigenvalue weighted by Crippen LogP contribution is 2.33. The number of benzene rings is 1. The zero-order valence-electron chi connectivity index (χ0n) is 12.9. The number of nitrogens with zero attached hydrogens (tertiary/aromatic N) is 2. The van der Waals surface area contributed by atoms with Gasteiger partial charge in [0, 0.05) is 29.7 Å². The molecule has 0 unspecified atom stereocenters. The molecular weight excluding hydrogens is 330 g/mol. The largest absolute Gasteiger partial charge is 0.454 e. The Bertz CT molecular complexity index is 813. The number of ether oxygens (including phenoxy) is 2. The Morgan fingerprint density at radius 1 is 1.29 bits per heavy atom. The van der Waals surface area contributed by atoms with Crippen LogP contribution in [0.2, 0.25) is 0 Å². The van der Waals surface area contributed by atoms with Gasteiger partial charge in [0.05, 0.1) is 5.92 Å². The van der Waals surface area contributed by atoms with Gasteiger partial charge in [0.25, 0.3) is 5.91 Å². The minimum Gasteiger partial charge on any atom is -0.454 e. The quantitative estimate of drug-likeness (QED) is 0.919. The molecule has 0 radical (unpaired) electrons. The van der Waals surface area contributed by atoms with Crippen molar-refractivity contribution < 1.29 is 19.1 Å². The van der Waals surface area contributed by atoms with Gasteiger partial charge in [0.15, 0.2) is 16.6 Å². The third-order valence-corrected chi connectivity index (χ3v) is 4.84. The highest BCUT2D eigenvalue weighted by molar-refractivity contribution is 7.15. The van der Waals surface area contributed by atoms with E-state index < -0.39 is 0 Å². The summed E-state index contributed by atoms with van der Waals surface area (Å²) in [5.74, 6) is 0.814. The van der Waals surface area contributed by atoms with Crippen LogP contribution >= 0.6 is 11.3 Å². The molecule has 3 heterocycles. The first kappa shape index (κ1) is 14.9. The molecule has 1 N–H and O–H groups in total. The van der Waals surface area contributed by atoms with Gasteiger partial charge in [-0.15, -0.1) is 11.3 Å². The van der Waals surface area contributed by atoms with Gasteiger partial charge in [-0.3, -0.25) is 9.59 Å². The predicted molar refractivity (Wildman–Crippen MR) is 87.4 cm³/mol. The van der Waals surface area contributed by atoms with Gasteiger partial charge in [-0.25, -0.2) is 4.98 Å². The Balaban J connectivity index is 1.35. The van der Waals surface area contributed by atoms with Crippen molar-refractivity contribution in [2.45, 2.75) is 6.92 Å². The van der Waals surface area contributed by atoms with Crippen LogP contribution in [0.5, 0.6) is 11.5 Å². The van der Waals surface area contributed by atoms with Crippen LogP contribution < -0.4 is 14.8 Å². The number of nitrogens with one attached hydrogen (secondary N) is 1. The monoisotopic (exact) mass is 345 g/mol. The van der Waals surface area contributed by atoms with E-state index in [1.807, 2.05) is 6.92 Å². The smallest absolute Gasteiger partial charge is 0.254 e. The van der Waals surface area contributed by atoms with Crippen LogP contribution in [-0.2, 0) is 4.79 Å². The summed E-state index contributed by atoms with van der Waals surface area (Å²) >= 11 is 1.43. The van der Waals surface area contributed by atoms with Crippen LogP contribution in [0.4, 0.5) is 5.13 Å². The molecule has 2 aliphatic rings. The van der Waals surface area contributed by atoms with E-state index in [4.69, 9.17) is 9.47 Å². The Morgan fingerprint density at radius 2 is 2.08 bits per heavy atom. The fraction of sp³-hybridized carbons (Fsp3) is 0.312. The molecule has 0 spiro atoms. The van der Waals surface area contributed by atoms with Gasteiger partial charge in [0.1, 0.15) is 0 Å². The third-order valence-electron chi connectivity index (χ3n) is 4.01. The van der Waals surface area contributed by atoms with Crippen molar-refractivity contribution in [2.24, 2.45) is 5.92 Å². The summed E-state index contributed by atoms with van der Waals surface area (Å²) < 4.78 is 10.5. The van der Waals surface area contributed by atoms with E-state index in [0.717, 1.165) is 4.88 Å². The number of likely N-dealkylation sites (tertiary alicyclic amines) is 1. The molecule has 1 fully saturated rings. The molecule has 2 aromatic rings. The fourth-order valence-electron chi connectivity index (χ4n) is 2.64. The number of hydrogen-bond acceptors (Lipinski definition) is 6. The lowest BCUT2D eigenvalue weighted by Gasteiger charge is -2.38. The first-order valence-corrected chi connectivity index (χ1v) is 8.34. The fourth-order valence-corrected chi connectivity index (χ4v) is 3.31. The van der Waals surface area contributed by atoms with E-state index >= 15 is 0 Å². The Labute approximate surface area is 142 Å². The molecule has 1 aromatic heterocycles. The summed E-state index contributed by atoms with van der Waals surface area (Å²) in [4.78, 5) is 31.4. The van der Waals surface area contributed by atoms with Gasteiger partial charge >= 0.3 is 0 Å². The van der Waals surface area contributed by atoms with Crippen LogP contribution in [0.15, 0.2) is 24.4 Å². The van der Waals surface area contributed by atoms with Crippen LogP contribution in [0.1, 0.15) is 15.2 Å². The average molecular weight is 345 g/mol. The maximum Gasteiger partial charge on any atom is 0.254 e. The van der Waals surface area contributed by atoms with E-state index in [2.05, 4.69) is 10.3 Å². The van der Waals surface area contributed by atoms with Crippen molar-refractivity contribution in [2.75, 3.05) is 25.2 Å². The molecule has 0 atom stereocenters. The Kier molecular flexibility index (Phi) is 3.61. The van der Waals surface area contributed by atoms with E-state index in [0.29, 0.717) is 35.3 Å². The van der Waals surface area contributed by atoms with Crippen molar-refractivity contribution in [1.82, 2.24) is 9.88 Å². The Hall–Kier alpha value is -2.61. The predicted octanol–water partition coefficient (Wildman–Crippen LogP) is 1.89. The molecule has 7 nitrogen and oxygen atoms in total. The van der Waals surface area contributed by atoms with Crippen molar-refractivity contribution in [3.05, 3.63) is 34.8 Å². The average Bonchev–Trinajstić information content (AvgIpc) is 3.13. The molecule has 2 aliphatic heterocycles. The molecule has 24 heavy (non-hydrogen) atoms. The molecule has 0 aliphatic carbocycles. The summed E-state index contributed by atoms with van der Waals surface area (Å²) in [5, 5.41) is 3.39. The van der Waals surface area contributed by atoms with Crippen LogP contribution in [-0.4, -0.2) is 41.6 Å². The summed E-state index contributed by atoms with van der Waals surface area (Å²) in [6.45, 7) is 2.92. The van der Waals surface area contributed by atoms with E-state index in [1.54, 1.807) is 29.3 Å². The minimum absolute atomic E-state index is 0.0981. The van der Waals surface area contributed by atoms with Crippen LogP contribution in [0.3, 0.4) is 0 Å². The number of aryl methyl sites for hydroxylation is 1. The molecule has 1 aromatic carbocycles. The zero-order valence-corrected chi connectivity index (χ0v) is 13.8. The van der Waals surface area contributed by atoms with Crippen molar-refractivity contribution in [3.63, 3.8) is 0 Å². The summed E-state index contributed by atoms with van der Waals surface area (Å²) in [6.07, 6.45) is 1.72. The molecule has 2 amide bonds. The molecule has 0 saturated carbocycles.